The van der Waals surface area contributed by atoms with E-state index in [0.717, 1.165) is 5.75 Å². The molecule has 0 aliphatic rings. The Hall–Kier alpha value is -1.02. The van der Waals surface area contributed by atoms with Crippen LogP contribution >= 0.6 is 0 Å². The number of aryl methyl sites for hydroxylation is 1. The van der Waals surface area contributed by atoms with Gasteiger partial charge in [0, 0.05) is 0 Å². The van der Waals surface area contributed by atoms with E-state index in [1.165, 1.54) is 11.1 Å². The van der Waals surface area contributed by atoms with Gasteiger partial charge in [-0.2, -0.15) is 0 Å². The summed E-state index contributed by atoms with van der Waals surface area (Å²) in [5, 5.41) is 9.23. The zero-order valence-electron chi connectivity index (χ0n) is 8.37. The zero-order chi connectivity index (χ0) is 9.84. The lowest BCUT2D eigenvalue weighted by atomic mass is 10.0. The first kappa shape index (κ1) is 10.1. The fourth-order valence-corrected chi connectivity index (χ4v) is 1.34. The molecule has 0 heterocycles. The third-order valence-corrected chi connectivity index (χ3v) is 2.07. The minimum Gasteiger partial charge on any atom is -0.497 e. The second-order valence-corrected chi connectivity index (χ2v) is 3.35. The van der Waals surface area contributed by atoms with Crippen molar-refractivity contribution >= 4 is 0 Å². The molecule has 2 heteroatoms. The molecule has 0 saturated heterocycles. The number of methoxy groups -OCH3 is 1. The Morgan fingerprint density at radius 2 is 2.15 bits per heavy atom. The van der Waals surface area contributed by atoms with E-state index in [-0.39, 0.29) is 6.10 Å². The summed E-state index contributed by atoms with van der Waals surface area (Å²) < 4.78 is 5.09. The van der Waals surface area contributed by atoms with E-state index in [4.69, 9.17) is 4.74 Å². The molecule has 0 radical (unpaired) electrons. The van der Waals surface area contributed by atoms with Crippen LogP contribution in [0.4, 0.5) is 0 Å². The Kier molecular flexibility index (Phi) is 3.32. The Balaban J connectivity index is 2.85. The molecule has 0 aliphatic heterocycles. The van der Waals surface area contributed by atoms with Crippen LogP contribution in [0.15, 0.2) is 18.2 Å². The molecule has 2 nitrogen and oxygen atoms in total. The lowest BCUT2D eigenvalue weighted by Gasteiger charge is -2.09. The average Bonchev–Trinajstić information content (AvgIpc) is 2.08. The largest absolute Gasteiger partial charge is 0.497 e. The van der Waals surface area contributed by atoms with Crippen molar-refractivity contribution in [2.45, 2.75) is 26.4 Å². The molecule has 13 heavy (non-hydrogen) atoms. The van der Waals surface area contributed by atoms with E-state index in [1.54, 1.807) is 14.0 Å². The molecule has 0 aromatic heterocycles. The van der Waals surface area contributed by atoms with Crippen molar-refractivity contribution in [3.8, 4) is 5.75 Å². The van der Waals surface area contributed by atoms with Crippen molar-refractivity contribution < 1.29 is 9.84 Å². The molecule has 1 N–H and O–H groups in total. The van der Waals surface area contributed by atoms with Gasteiger partial charge < -0.3 is 9.84 Å². The highest BCUT2D eigenvalue weighted by Gasteiger charge is 2.03. The monoisotopic (exact) mass is 180 g/mol. The lowest BCUT2D eigenvalue weighted by Crippen LogP contribution is -2.05. The highest BCUT2D eigenvalue weighted by atomic mass is 16.5. The van der Waals surface area contributed by atoms with Gasteiger partial charge in [-0.1, -0.05) is 6.07 Å². The number of aliphatic hydroxyl groups excluding tert-OH is 1. The van der Waals surface area contributed by atoms with Crippen LogP contribution < -0.4 is 4.74 Å². The maximum atomic E-state index is 9.23. The fraction of sp³-hybridized carbons (Fsp3) is 0.455. The third-order valence-electron chi connectivity index (χ3n) is 2.07. The topological polar surface area (TPSA) is 29.5 Å². The molecule has 1 aromatic carbocycles. The Morgan fingerprint density at radius 1 is 1.46 bits per heavy atom. The molecular weight excluding hydrogens is 164 g/mol. The first-order chi connectivity index (χ1) is 6.13. The molecule has 1 atom stereocenters. The highest BCUT2D eigenvalue weighted by Crippen LogP contribution is 2.17. The zero-order valence-corrected chi connectivity index (χ0v) is 8.37. The second kappa shape index (κ2) is 4.28. The van der Waals surface area contributed by atoms with Crippen molar-refractivity contribution in [1.29, 1.82) is 0 Å². The molecule has 1 aromatic rings. The summed E-state index contributed by atoms with van der Waals surface area (Å²) in [6.07, 6.45) is 0.419. The maximum absolute atomic E-state index is 9.23. The van der Waals surface area contributed by atoms with Gasteiger partial charge in [0.1, 0.15) is 5.75 Å². The van der Waals surface area contributed by atoms with E-state index in [2.05, 4.69) is 0 Å². The van der Waals surface area contributed by atoms with Gasteiger partial charge in [0.25, 0.3) is 0 Å². The Bertz CT molecular complexity index is 279. The smallest absolute Gasteiger partial charge is 0.119 e. The highest BCUT2D eigenvalue weighted by molar-refractivity contribution is 5.35. The lowest BCUT2D eigenvalue weighted by molar-refractivity contribution is 0.195. The fourth-order valence-electron chi connectivity index (χ4n) is 1.34. The van der Waals surface area contributed by atoms with Gasteiger partial charge >= 0.3 is 0 Å². The van der Waals surface area contributed by atoms with E-state index in [0.29, 0.717) is 6.42 Å². The van der Waals surface area contributed by atoms with Gasteiger partial charge in [0.05, 0.1) is 13.2 Å². The number of ether oxygens (including phenoxy) is 1. The molecular formula is C11H16O2. The van der Waals surface area contributed by atoms with Crippen molar-refractivity contribution in [3.63, 3.8) is 0 Å². The average molecular weight is 180 g/mol. The van der Waals surface area contributed by atoms with E-state index in [9.17, 15) is 5.11 Å². The minimum atomic E-state index is -0.285. The van der Waals surface area contributed by atoms with Crippen molar-refractivity contribution in [1.82, 2.24) is 0 Å². The first-order valence-corrected chi connectivity index (χ1v) is 4.45. The quantitative estimate of drug-likeness (QED) is 0.770. The van der Waals surface area contributed by atoms with Crippen LogP contribution in [0.25, 0.3) is 0 Å². The second-order valence-electron chi connectivity index (χ2n) is 3.35. The van der Waals surface area contributed by atoms with Gasteiger partial charge in [-0.3, -0.25) is 0 Å². The van der Waals surface area contributed by atoms with Crippen LogP contribution in [0, 0.1) is 6.92 Å². The van der Waals surface area contributed by atoms with Crippen LogP contribution in [0.3, 0.4) is 0 Å². The predicted octanol–water partition coefficient (Wildman–Crippen LogP) is 1.93. The summed E-state index contributed by atoms with van der Waals surface area (Å²) in [6.45, 7) is 3.82. The van der Waals surface area contributed by atoms with Crippen LogP contribution in [-0.2, 0) is 6.42 Å². The third kappa shape index (κ3) is 2.74. The molecule has 1 rings (SSSR count). The van der Waals surface area contributed by atoms with Gasteiger partial charge in [-0.25, -0.2) is 0 Å². The van der Waals surface area contributed by atoms with E-state index >= 15 is 0 Å². The molecule has 0 amide bonds. The molecule has 0 unspecified atom stereocenters. The number of aliphatic hydroxyl groups is 1. The Morgan fingerprint density at radius 3 is 2.62 bits per heavy atom. The standard InChI is InChI=1S/C11H16O2/c1-8-6-11(13-3)5-4-10(8)7-9(2)12/h4-6,9,12H,7H2,1-3H3/t9-/m0/s1. The molecule has 0 bridgehead atoms. The summed E-state index contributed by atoms with van der Waals surface area (Å²) in [7, 11) is 1.66. The normalized spacial score (nSPS) is 12.6. The SMILES string of the molecule is COc1ccc(C[C@H](C)O)c(C)c1. The Labute approximate surface area is 79.2 Å². The molecule has 0 spiro atoms. The van der Waals surface area contributed by atoms with E-state index in [1.807, 2.05) is 25.1 Å². The molecule has 72 valence electrons. The van der Waals surface area contributed by atoms with Crippen molar-refractivity contribution in [3.05, 3.63) is 29.3 Å². The maximum Gasteiger partial charge on any atom is 0.119 e. The molecule has 0 fully saturated rings. The van der Waals surface area contributed by atoms with Gasteiger partial charge in [0.15, 0.2) is 0 Å². The van der Waals surface area contributed by atoms with Crippen molar-refractivity contribution in [2.75, 3.05) is 7.11 Å². The number of rotatable bonds is 3. The van der Waals surface area contributed by atoms with Crippen molar-refractivity contribution in [2.24, 2.45) is 0 Å². The van der Waals surface area contributed by atoms with Crippen LogP contribution in [0.5, 0.6) is 5.75 Å². The summed E-state index contributed by atoms with van der Waals surface area (Å²) in [5.41, 5.74) is 2.34. The van der Waals surface area contributed by atoms with Gasteiger partial charge in [-0.15, -0.1) is 0 Å². The summed E-state index contributed by atoms with van der Waals surface area (Å²) in [5.74, 6) is 0.867. The first-order valence-electron chi connectivity index (χ1n) is 4.45. The summed E-state index contributed by atoms with van der Waals surface area (Å²) in [6, 6.07) is 5.91. The minimum absolute atomic E-state index is 0.285. The molecule has 0 saturated carbocycles. The number of benzene rings is 1. The van der Waals surface area contributed by atoms with Crippen LogP contribution in [0.1, 0.15) is 18.1 Å². The number of hydrogen-bond donors (Lipinski definition) is 1. The summed E-state index contributed by atoms with van der Waals surface area (Å²) in [4.78, 5) is 0. The van der Waals surface area contributed by atoms with E-state index < -0.39 is 0 Å². The van der Waals surface area contributed by atoms with Crippen LogP contribution in [0.2, 0.25) is 0 Å². The molecule has 0 aliphatic carbocycles. The van der Waals surface area contributed by atoms with Crippen LogP contribution in [-0.4, -0.2) is 18.3 Å². The van der Waals surface area contributed by atoms with Gasteiger partial charge in [-0.05, 0) is 43.5 Å². The predicted molar refractivity (Wildman–Crippen MR) is 53.1 cm³/mol. The van der Waals surface area contributed by atoms with Gasteiger partial charge in [0.2, 0.25) is 0 Å². The summed E-state index contributed by atoms with van der Waals surface area (Å²) >= 11 is 0. The number of hydrogen-bond acceptors (Lipinski definition) is 2.